The van der Waals surface area contributed by atoms with Gasteiger partial charge in [0.15, 0.2) is 23.9 Å². The van der Waals surface area contributed by atoms with Crippen molar-refractivity contribution in [3.8, 4) is 11.5 Å². The molecule has 0 aliphatic carbocycles. The van der Waals surface area contributed by atoms with Gasteiger partial charge >= 0.3 is 12.1 Å². The highest BCUT2D eigenvalue weighted by atomic mass is 35.5. The van der Waals surface area contributed by atoms with Crippen LogP contribution in [0.1, 0.15) is 51.4 Å². The van der Waals surface area contributed by atoms with Gasteiger partial charge in [-0.3, -0.25) is 9.80 Å². The number of carbonyl (C=O) groups excluding carboxylic acids is 1. The third-order valence-electron chi connectivity index (χ3n) is 10.3. The summed E-state index contributed by atoms with van der Waals surface area (Å²) in [5.74, 6) is -0.516. The molecule has 3 aliphatic rings. The Labute approximate surface area is 310 Å². The fourth-order valence-electron chi connectivity index (χ4n) is 7.56. The number of nitrogens with one attached hydrogen (secondary N) is 1. The number of hydrogen-bond donors (Lipinski definition) is 2. The molecule has 5 heterocycles. The molecule has 13 heteroatoms. The minimum absolute atomic E-state index is 0.0541. The number of carboxylic acid groups (broad SMARTS) is 1. The number of ether oxygens (including phenoxy) is 3. The standard InChI is InChI=1S/C39H38Cl2N4O7/c1-50-34-9-7-26(17-35(34)51-2)28(18-30-31(40)20-44(49)21-32(30)41)29-16-23(6-8-27(29)38(46)47)19-45(33-5-3-4-25-10-13-42-37(25)33)39(48)52-36-22-43-14-11-24(36)12-15-43/h3-10,13,16-17,20-21,24,28,36,42H,11-12,14-15,18-19,22H2,1-2H3,(H,46,47)/t28-,36-/m0/s1. The molecule has 2 bridgehead atoms. The maximum atomic E-state index is 14.2. The number of fused-ring (bicyclic) bond motifs is 4. The van der Waals surface area contributed by atoms with Crippen LogP contribution in [0.15, 0.2) is 79.3 Å². The summed E-state index contributed by atoms with van der Waals surface area (Å²) in [4.78, 5) is 34.3. The number of aromatic nitrogens is 2. The molecule has 11 nitrogen and oxygen atoms in total. The van der Waals surface area contributed by atoms with Crippen molar-refractivity contribution < 1.29 is 33.6 Å². The Bertz CT molecular complexity index is 2110. The summed E-state index contributed by atoms with van der Waals surface area (Å²) < 4.78 is 17.9. The number of halogens is 2. The zero-order valence-corrected chi connectivity index (χ0v) is 30.2. The van der Waals surface area contributed by atoms with E-state index in [2.05, 4.69) is 9.88 Å². The molecule has 52 heavy (non-hydrogen) atoms. The van der Waals surface area contributed by atoms with E-state index in [1.165, 1.54) is 26.6 Å². The fraction of sp³-hybridized carbons (Fsp3) is 0.308. The average molecular weight is 746 g/mol. The van der Waals surface area contributed by atoms with Gasteiger partial charge in [0.2, 0.25) is 0 Å². The van der Waals surface area contributed by atoms with Crippen molar-refractivity contribution in [1.82, 2.24) is 9.88 Å². The minimum Gasteiger partial charge on any atom is -0.619 e. The van der Waals surface area contributed by atoms with Crippen LogP contribution in [0.25, 0.3) is 10.9 Å². The second-order valence-electron chi connectivity index (χ2n) is 13.3. The number of methoxy groups -OCH3 is 2. The van der Waals surface area contributed by atoms with Gasteiger partial charge < -0.3 is 29.5 Å². The molecule has 0 spiro atoms. The number of carbonyl (C=O) groups is 2. The number of nitrogens with zero attached hydrogens (tertiary/aromatic N) is 3. The topological polar surface area (TPSA) is 131 Å². The molecule has 2 aromatic heterocycles. The van der Waals surface area contributed by atoms with Crippen LogP contribution >= 0.6 is 23.2 Å². The van der Waals surface area contributed by atoms with Crippen molar-refractivity contribution >= 4 is 51.9 Å². The lowest BCUT2D eigenvalue weighted by molar-refractivity contribution is -0.605. The Hall–Kier alpha value is -4.97. The van der Waals surface area contributed by atoms with Gasteiger partial charge in [0, 0.05) is 29.6 Å². The van der Waals surface area contributed by atoms with E-state index in [1.807, 2.05) is 36.5 Å². The molecule has 3 fully saturated rings. The SMILES string of the molecule is COc1ccc([C@H](Cc2c(Cl)c[n+]([O-])cc2Cl)c2cc(CN(C(=O)O[C@H]3CN4CCC3CC4)c3cccc4cc[nH]c34)ccc2C(=O)O)cc1OC. The molecule has 8 rings (SSSR count). The van der Waals surface area contributed by atoms with Crippen molar-refractivity contribution in [2.24, 2.45) is 5.92 Å². The third kappa shape index (κ3) is 7.08. The van der Waals surface area contributed by atoms with Crippen LogP contribution in [-0.4, -0.2) is 67.0 Å². The van der Waals surface area contributed by atoms with Crippen molar-refractivity contribution in [2.75, 3.05) is 38.8 Å². The third-order valence-corrected chi connectivity index (χ3v) is 10.9. The van der Waals surface area contributed by atoms with Crippen molar-refractivity contribution in [3.05, 3.63) is 122 Å². The highest BCUT2D eigenvalue weighted by Crippen LogP contribution is 2.40. The Morgan fingerprint density at radius 1 is 1.02 bits per heavy atom. The van der Waals surface area contributed by atoms with Crippen LogP contribution < -0.4 is 19.1 Å². The van der Waals surface area contributed by atoms with Crippen LogP contribution in [0, 0.1) is 11.1 Å². The van der Waals surface area contributed by atoms with E-state index >= 15 is 0 Å². The number of pyridine rings is 1. The summed E-state index contributed by atoms with van der Waals surface area (Å²) in [5.41, 5.74) is 3.76. The minimum atomic E-state index is -1.13. The summed E-state index contributed by atoms with van der Waals surface area (Å²) in [6.45, 7) is 2.83. The molecular weight excluding hydrogens is 707 g/mol. The Kier molecular flexibility index (Phi) is 10.2. The van der Waals surface area contributed by atoms with E-state index in [1.54, 1.807) is 35.2 Å². The lowest BCUT2D eigenvalue weighted by Gasteiger charge is -2.44. The van der Waals surface area contributed by atoms with Crippen molar-refractivity contribution in [2.45, 2.75) is 37.8 Å². The van der Waals surface area contributed by atoms with E-state index in [0.717, 1.165) is 36.8 Å². The largest absolute Gasteiger partial charge is 0.619 e. The number of amides is 1. The first-order valence-electron chi connectivity index (χ1n) is 17.0. The van der Waals surface area contributed by atoms with Gasteiger partial charge in [-0.25, -0.2) is 9.59 Å². The molecule has 0 radical (unpaired) electrons. The first-order valence-corrected chi connectivity index (χ1v) is 17.8. The van der Waals surface area contributed by atoms with Crippen LogP contribution in [0.5, 0.6) is 11.5 Å². The molecule has 270 valence electrons. The molecule has 0 saturated carbocycles. The number of anilines is 1. The highest BCUT2D eigenvalue weighted by Gasteiger charge is 2.38. The van der Waals surface area contributed by atoms with E-state index < -0.39 is 18.0 Å². The monoisotopic (exact) mass is 744 g/mol. The quantitative estimate of drug-likeness (QED) is 0.105. The zero-order chi connectivity index (χ0) is 36.5. The maximum absolute atomic E-state index is 14.2. The second-order valence-corrected chi connectivity index (χ2v) is 14.1. The predicted octanol–water partition coefficient (Wildman–Crippen LogP) is 7.44. The number of aromatic carboxylic acids is 1. The average Bonchev–Trinajstić information content (AvgIpc) is 3.63. The summed E-state index contributed by atoms with van der Waals surface area (Å²) in [5, 5.41) is 23.8. The number of piperidine rings is 3. The van der Waals surface area contributed by atoms with E-state index in [0.29, 0.717) is 56.6 Å². The molecular formula is C39H38Cl2N4O7. The normalized spacial score (nSPS) is 18.6. The number of hydrogen-bond acceptors (Lipinski definition) is 7. The molecule has 2 N–H and O–H groups in total. The van der Waals surface area contributed by atoms with Crippen LogP contribution in [-0.2, 0) is 17.7 Å². The first-order chi connectivity index (χ1) is 25.1. The van der Waals surface area contributed by atoms with Crippen molar-refractivity contribution in [3.63, 3.8) is 0 Å². The molecule has 2 atom stereocenters. The van der Waals surface area contributed by atoms with Crippen LogP contribution in [0.4, 0.5) is 10.5 Å². The second kappa shape index (κ2) is 14.9. The van der Waals surface area contributed by atoms with Crippen molar-refractivity contribution in [1.29, 1.82) is 0 Å². The number of benzene rings is 3. The van der Waals surface area contributed by atoms with E-state index in [4.69, 9.17) is 37.4 Å². The summed E-state index contributed by atoms with van der Waals surface area (Å²) >= 11 is 13.2. The van der Waals surface area contributed by atoms with Gasteiger partial charge in [-0.1, -0.05) is 53.5 Å². The molecule has 0 unspecified atom stereocenters. The number of aromatic amines is 1. The molecule has 5 aromatic rings. The summed E-state index contributed by atoms with van der Waals surface area (Å²) in [6, 6.07) is 18.1. The maximum Gasteiger partial charge on any atom is 0.414 e. The predicted molar refractivity (Wildman–Crippen MR) is 198 cm³/mol. The molecule has 3 aromatic carbocycles. The van der Waals surface area contributed by atoms with Crippen LogP contribution in [0.3, 0.4) is 0 Å². The number of para-hydroxylation sites is 1. The van der Waals surface area contributed by atoms with Crippen LogP contribution in [0.2, 0.25) is 10.0 Å². The van der Waals surface area contributed by atoms with Gasteiger partial charge in [-0.05, 0) is 85.3 Å². The van der Waals surface area contributed by atoms with Gasteiger partial charge in [0.05, 0.1) is 37.5 Å². The zero-order valence-electron chi connectivity index (χ0n) is 28.7. The molecule has 3 aliphatic heterocycles. The molecule has 3 saturated heterocycles. The summed E-state index contributed by atoms with van der Waals surface area (Å²) in [7, 11) is 3.05. The summed E-state index contributed by atoms with van der Waals surface area (Å²) in [6.07, 6.45) is 5.68. The number of H-pyrrole nitrogens is 1. The molecule has 1 amide bonds. The lowest BCUT2D eigenvalue weighted by Crippen LogP contribution is -2.53. The van der Waals surface area contributed by atoms with Gasteiger partial charge in [0.25, 0.3) is 0 Å². The fourth-order valence-corrected chi connectivity index (χ4v) is 8.16. The Balaban J connectivity index is 1.32. The Morgan fingerprint density at radius 2 is 1.77 bits per heavy atom. The van der Waals surface area contributed by atoms with Gasteiger partial charge in [0.1, 0.15) is 16.1 Å². The van der Waals surface area contributed by atoms with Gasteiger partial charge in [-0.15, -0.1) is 0 Å². The lowest BCUT2D eigenvalue weighted by atomic mass is 9.82. The van der Waals surface area contributed by atoms with E-state index in [9.17, 15) is 19.9 Å². The first kappa shape index (κ1) is 35.4. The Morgan fingerprint density at radius 3 is 2.44 bits per heavy atom. The van der Waals surface area contributed by atoms with Gasteiger partial charge in [-0.2, -0.15) is 4.73 Å². The number of carboxylic acids is 1. The highest BCUT2D eigenvalue weighted by molar-refractivity contribution is 6.35. The van der Waals surface area contributed by atoms with E-state index in [-0.39, 0.29) is 34.7 Å². The number of rotatable bonds is 11. The smallest absolute Gasteiger partial charge is 0.414 e.